The Morgan fingerprint density at radius 2 is 1.97 bits per heavy atom. The van der Waals surface area contributed by atoms with Crippen LogP contribution in [0.5, 0.6) is 5.88 Å². The lowest BCUT2D eigenvalue weighted by molar-refractivity contribution is 0.210. The van der Waals surface area contributed by atoms with Crippen molar-refractivity contribution < 1.29 is 9.13 Å². The molecule has 1 aliphatic heterocycles. The van der Waals surface area contributed by atoms with Crippen LogP contribution in [0.2, 0.25) is 0 Å². The summed E-state index contributed by atoms with van der Waals surface area (Å²) in [7, 11) is 3.80. The fraction of sp³-hybridized carbons (Fsp3) is 0.304. The van der Waals surface area contributed by atoms with Crippen molar-refractivity contribution in [3.8, 4) is 28.1 Å². The van der Waals surface area contributed by atoms with Gasteiger partial charge in [-0.2, -0.15) is 0 Å². The number of fused-ring (bicyclic) bond motifs is 1. The molecule has 5 rings (SSSR count). The Morgan fingerprint density at radius 1 is 1.13 bits per heavy atom. The molecule has 4 aromatic rings. The first-order valence-corrected chi connectivity index (χ1v) is 10.2. The molecule has 0 unspecified atom stereocenters. The molecule has 0 spiro atoms. The van der Waals surface area contributed by atoms with E-state index in [1.165, 1.54) is 12.1 Å². The number of nitrogens with zero attached hydrogens (tertiary/aromatic N) is 4. The van der Waals surface area contributed by atoms with Crippen LogP contribution in [0.15, 0.2) is 48.9 Å². The van der Waals surface area contributed by atoms with E-state index in [1.807, 2.05) is 23.1 Å². The molecule has 154 valence electrons. The topological polar surface area (TPSA) is 59.0 Å². The molecule has 0 bridgehead atoms. The predicted octanol–water partition coefficient (Wildman–Crippen LogP) is 4.51. The highest BCUT2D eigenvalue weighted by Gasteiger charge is 2.22. The van der Waals surface area contributed by atoms with Gasteiger partial charge in [-0.3, -0.25) is 4.68 Å². The quantitative estimate of drug-likeness (QED) is 0.543. The zero-order valence-corrected chi connectivity index (χ0v) is 17.1. The number of H-pyrrole nitrogens is 1. The highest BCUT2D eigenvalue weighted by atomic mass is 19.1. The van der Waals surface area contributed by atoms with Gasteiger partial charge in [0.25, 0.3) is 0 Å². The van der Waals surface area contributed by atoms with E-state index in [9.17, 15) is 4.39 Å². The van der Waals surface area contributed by atoms with Crippen LogP contribution in [-0.2, 0) is 0 Å². The summed E-state index contributed by atoms with van der Waals surface area (Å²) in [6.07, 6.45) is 7.90. The van der Waals surface area contributed by atoms with Gasteiger partial charge in [0.2, 0.25) is 5.88 Å². The maximum Gasteiger partial charge on any atom is 0.240 e. The van der Waals surface area contributed by atoms with Gasteiger partial charge in [-0.15, -0.1) is 5.10 Å². The lowest BCUT2D eigenvalue weighted by Crippen LogP contribution is -2.31. The third kappa shape index (κ3) is 3.35. The molecule has 1 aliphatic rings. The summed E-state index contributed by atoms with van der Waals surface area (Å²) in [6, 6.07) is 9.04. The van der Waals surface area contributed by atoms with Crippen LogP contribution >= 0.6 is 0 Å². The van der Waals surface area contributed by atoms with Gasteiger partial charge in [0, 0.05) is 35.1 Å². The second-order valence-electron chi connectivity index (χ2n) is 7.90. The average molecular weight is 405 g/mol. The molecule has 1 aromatic carbocycles. The van der Waals surface area contributed by atoms with Crippen molar-refractivity contribution in [3.63, 3.8) is 0 Å². The number of ether oxygens (including phenoxy) is 1. The molecule has 30 heavy (non-hydrogen) atoms. The number of likely N-dealkylation sites (tertiary alicyclic amines) is 1. The smallest absolute Gasteiger partial charge is 0.240 e. The van der Waals surface area contributed by atoms with E-state index in [2.05, 4.69) is 34.2 Å². The molecule has 0 radical (unpaired) electrons. The number of nitrogens with one attached hydrogen (secondary N) is 1. The van der Waals surface area contributed by atoms with E-state index in [0.717, 1.165) is 59.2 Å². The number of halogens is 1. The monoisotopic (exact) mass is 405 g/mol. The van der Waals surface area contributed by atoms with Gasteiger partial charge in [0.05, 0.1) is 18.7 Å². The van der Waals surface area contributed by atoms with Crippen molar-refractivity contribution in [2.75, 3.05) is 27.2 Å². The molecule has 0 amide bonds. The molecular formula is C23H24FN5O. The van der Waals surface area contributed by atoms with Crippen LogP contribution in [0.25, 0.3) is 33.3 Å². The Morgan fingerprint density at radius 3 is 2.73 bits per heavy atom. The molecule has 0 saturated carbocycles. The van der Waals surface area contributed by atoms with Crippen molar-refractivity contribution in [1.82, 2.24) is 24.6 Å². The van der Waals surface area contributed by atoms with Crippen molar-refractivity contribution in [2.24, 2.45) is 0 Å². The maximum absolute atomic E-state index is 13.7. The van der Waals surface area contributed by atoms with Gasteiger partial charge < -0.3 is 14.6 Å². The van der Waals surface area contributed by atoms with Gasteiger partial charge in [0.1, 0.15) is 11.5 Å². The number of aromatic amines is 1. The summed E-state index contributed by atoms with van der Waals surface area (Å²) in [5.41, 5.74) is 4.34. The fourth-order valence-corrected chi connectivity index (χ4v) is 4.22. The normalized spacial score (nSPS) is 15.7. The third-order valence-electron chi connectivity index (χ3n) is 5.93. The number of hydrogen-bond donors (Lipinski definition) is 1. The molecule has 6 nitrogen and oxygen atoms in total. The number of benzene rings is 1. The zero-order valence-electron chi connectivity index (χ0n) is 17.1. The summed E-state index contributed by atoms with van der Waals surface area (Å²) in [5.74, 6) is 0.338. The van der Waals surface area contributed by atoms with Crippen molar-refractivity contribution >= 4 is 11.0 Å². The number of pyridine rings is 1. The summed E-state index contributed by atoms with van der Waals surface area (Å²) in [5, 5.41) is 5.64. The lowest BCUT2D eigenvalue weighted by Gasteiger charge is -2.28. The minimum atomic E-state index is -0.257. The van der Waals surface area contributed by atoms with Crippen LogP contribution in [0.1, 0.15) is 18.9 Å². The molecular weight excluding hydrogens is 381 g/mol. The average Bonchev–Trinajstić information content (AvgIpc) is 3.38. The van der Waals surface area contributed by atoms with Crippen molar-refractivity contribution in [3.05, 3.63) is 54.7 Å². The Bertz CT molecular complexity index is 1190. The minimum absolute atomic E-state index is 0.257. The summed E-state index contributed by atoms with van der Waals surface area (Å²) in [6.45, 7) is 2.13. The Kier molecular flexibility index (Phi) is 4.75. The zero-order chi connectivity index (χ0) is 20.7. The maximum atomic E-state index is 13.7. The van der Waals surface area contributed by atoms with Crippen molar-refractivity contribution in [1.29, 1.82) is 0 Å². The number of hydrogen-bond acceptors (Lipinski definition) is 4. The number of methoxy groups -OCH3 is 1. The molecule has 1 fully saturated rings. The Labute approximate surface area is 174 Å². The van der Waals surface area contributed by atoms with Gasteiger partial charge in [-0.05, 0) is 56.7 Å². The van der Waals surface area contributed by atoms with Crippen LogP contribution < -0.4 is 4.74 Å². The van der Waals surface area contributed by atoms with E-state index >= 15 is 0 Å². The van der Waals surface area contributed by atoms with Gasteiger partial charge in [-0.25, -0.2) is 9.37 Å². The minimum Gasteiger partial charge on any atom is -0.479 e. The van der Waals surface area contributed by atoms with E-state index in [-0.39, 0.29) is 5.82 Å². The van der Waals surface area contributed by atoms with Crippen LogP contribution in [0.3, 0.4) is 0 Å². The SMILES string of the molecule is COc1nn(C2CCN(C)CC2)cc1-c1cnc2[nH]cc(-c3cccc(F)c3)c2c1. The lowest BCUT2D eigenvalue weighted by atomic mass is 10.0. The van der Waals surface area contributed by atoms with Crippen LogP contribution in [-0.4, -0.2) is 51.9 Å². The number of aromatic nitrogens is 4. The van der Waals surface area contributed by atoms with E-state index in [1.54, 1.807) is 13.2 Å². The van der Waals surface area contributed by atoms with Crippen molar-refractivity contribution in [2.45, 2.75) is 18.9 Å². The number of piperidine rings is 1. The molecule has 0 atom stereocenters. The second-order valence-corrected chi connectivity index (χ2v) is 7.90. The van der Waals surface area contributed by atoms with E-state index in [4.69, 9.17) is 9.84 Å². The van der Waals surface area contributed by atoms with Gasteiger partial charge >= 0.3 is 0 Å². The first kappa shape index (κ1) is 18.8. The highest BCUT2D eigenvalue weighted by Crippen LogP contribution is 2.35. The predicted molar refractivity (Wildman–Crippen MR) is 115 cm³/mol. The molecule has 3 aromatic heterocycles. The van der Waals surface area contributed by atoms with Gasteiger partial charge in [-0.1, -0.05) is 12.1 Å². The molecule has 1 N–H and O–H groups in total. The van der Waals surface area contributed by atoms with Crippen LogP contribution in [0, 0.1) is 5.82 Å². The second kappa shape index (κ2) is 7.57. The molecule has 4 heterocycles. The largest absolute Gasteiger partial charge is 0.479 e. The number of rotatable bonds is 4. The van der Waals surface area contributed by atoms with E-state index in [0.29, 0.717) is 11.9 Å². The fourth-order valence-electron chi connectivity index (χ4n) is 4.22. The summed E-state index contributed by atoms with van der Waals surface area (Å²) < 4.78 is 21.4. The van der Waals surface area contributed by atoms with E-state index < -0.39 is 0 Å². The highest BCUT2D eigenvalue weighted by molar-refractivity contribution is 5.96. The molecule has 7 heteroatoms. The molecule has 0 aliphatic carbocycles. The standard InChI is InChI=1S/C23H24FN5O/c1-28-8-6-18(7-9-28)29-14-21(23(27-29)30-2)16-11-19-20(13-26-22(19)25-12-16)15-4-3-5-17(24)10-15/h3-5,10-14,18H,6-9H2,1-2H3,(H,25,26). The van der Waals surface area contributed by atoms with Gasteiger partial charge in [0.15, 0.2) is 0 Å². The summed E-state index contributed by atoms with van der Waals surface area (Å²) >= 11 is 0. The Balaban J connectivity index is 1.55. The summed E-state index contributed by atoms with van der Waals surface area (Å²) in [4.78, 5) is 10.1. The Hall–Kier alpha value is -3.19. The van der Waals surface area contributed by atoms with Crippen LogP contribution in [0.4, 0.5) is 4.39 Å². The third-order valence-corrected chi connectivity index (χ3v) is 5.93. The first-order chi connectivity index (χ1) is 14.6. The first-order valence-electron chi connectivity index (χ1n) is 10.2. The molecule has 1 saturated heterocycles.